The van der Waals surface area contributed by atoms with E-state index in [-0.39, 0.29) is 23.3 Å². The number of sulfonamides is 1. The van der Waals surface area contributed by atoms with Crippen LogP contribution in [0.4, 0.5) is 23.3 Å². The van der Waals surface area contributed by atoms with E-state index in [2.05, 4.69) is 47.2 Å². The summed E-state index contributed by atoms with van der Waals surface area (Å²) in [5.41, 5.74) is 3.02. The highest BCUT2D eigenvalue weighted by Crippen LogP contribution is 2.31. The predicted molar refractivity (Wildman–Crippen MR) is 167 cm³/mol. The van der Waals surface area contributed by atoms with Gasteiger partial charge in [0.1, 0.15) is 5.65 Å². The zero-order chi connectivity index (χ0) is 30.0. The van der Waals surface area contributed by atoms with Crippen LogP contribution in [0.2, 0.25) is 0 Å². The third-order valence-electron chi connectivity index (χ3n) is 8.57. The molecule has 0 spiro atoms. The molecule has 0 unspecified atom stereocenters. The van der Waals surface area contributed by atoms with E-state index in [1.54, 1.807) is 12.3 Å². The number of pyridine rings is 1. The minimum Gasteiger partial charge on any atom is -0.372 e. The Hall–Kier alpha value is -4.20. The number of piperidine rings is 1. The summed E-state index contributed by atoms with van der Waals surface area (Å²) in [6, 6.07) is 10.1. The van der Waals surface area contributed by atoms with Gasteiger partial charge in [0.05, 0.1) is 5.75 Å². The Bertz CT molecular complexity index is 1800. The van der Waals surface area contributed by atoms with Gasteiger partial charge in [-0.1, -0.05) is 12.8 Å². The van der Waals surface area contributed by atoms with Gasteiger partial charge < -0.3 is 10.2 Å². The van der Waals surface area contributed by atoms with E-state index in [1.165, 1.54) is 0 Å². The first kappa shape index (κ1) is 28.9. The van der Waals surface area contributed by atoms with Crippen molar-refractivity contribution < 1.29 is 8.42 Å². The van der Waals surface area contributed by atoms with Crippen LogP contribution in [-0.2, 0) is 10.0 Å². The number of aromatic amines is 2. The molecule has 6 rings (SSSR count). The fourth-order valence-electron chi connectivity index (χ4n) is 6.29. The highest BCUT2D eigenvalue weighted by atomic mass is 32.2. The van der Waals surface area contributed by atoms with Crippen LogP contribution in [-0.4, -0.2) is 57.0 Å². The van der Waals surface area contributed by atoms with Crippen molar-refractivity contribution in [2.24, 2.45) is 5.92 Å². The Kier molecular flexibility index (Phi) is 8.19. The third kappa shape index (κ3) is 6.74. The number of aryl methyl sites for hydroxylation is 1. The summed E-state index contributed by atoms with van der Waals surface area (Å²) >= 11 is 0. The predicted octanol–water partition coefficient (Wildman–Crippen LogP) is 3.81. The van der Waals surface area contributed by atoms with Crippen molar-refractivity contribution >= 4 is 44.3 Å². The average Bonchev–Trinajstić information content (AvgIpc) is 3.65. The normalized spacial score (nSPS) is 16.6. The molecule has 1 aliphatic heterocycles. The Morgan fingerprint density at radius 2 is 1.79 bits per heavy atom. The molecule has 13 nitrogen and oxygen atoms in total. The summed E-state index contributed by atoms with van der Waals surface area (Å²) in [5.74, 6) is 0.820. The molecule has 0 atom stereocenters. The maximum Gasteiger partial charge on any atom is 0.342 e. The number of H-pyrrole nitrogens is 2. The summed E-state index contributed by atoms with van der Waals surface area (Å²) in [4.78, 5) is 38.0. The molecule has 1 saturated heterocycles. The van der Waals surface area contributed by atoms with Crippen molar-refractivity contribution in [2.45, 2.75) is 64.3 Å². The van der Waals surface area contributed by atoms with E-state index in [0.717, 1.165) is 80.4 Å². The molecule has 14 heteroatoms. The first-order chi connectivity index (χ1) is 20.7. The highest BCUT2D eigenvalue weighted by molar-refractivity contribution is 7.92. The molecule has 0 radical (unpaired) electrons. The van der Waals surface area contributed by atoms with Gasteiger partial charge in [-0.25, -0.2) is 23.3 Å². The van der Waals surface area contributed by atoms with Crippen LogP contribution in [0.25, 0.3) is 11.0 Å². The number of aromatic nitrogens is 6. The highest BCUT2D eigenvalue weighted by Gasteiger charge is 2.23. The van der Waals surface area contributed by atoms with Crippen molar-refractivity contribution in [1.82, 2.24) is 29.7 Å². The lowest BCUT2D eigenvalue weighted by atomic mass is 9.92. The standard InChI is InChI=1S/C29H37N9O4S/c1-19-17-25(39)38(23-6-2-3-7-23)26-24(19)18-30-27(32-26)31-21-8-10-22(11-9-21)37-14-12-20(13-15-37)5-4-16-43(41,42)36-28-33-29(40)35-34-28/h8-11,17-18,20,23H,2-7,12-16H2,1H3,(H,30,31,32)(H3,33,34,35,36,40). The zero-order valence-corrected chi connectivity index (χ0v) is 25.0. The van der Waals surface area contributed by atoms with Gasteiger partial charge >= 0.3 is 5.69 Å². The number of nitrogens with one attached hydrogen (secondary N) is 4. The molecule has 3 aromatic heterocycles. The number of fused-ring (bicyclic) bond motifs is 1. The molecule has 1 saturated carbocycles. The van der Waals surface area contributed by atoms with Crippen molar-refractivity contribution in [3.8, 4) is 0 Å². The Morgan fingerprint density at radius 3 is 2.49 bits per heavy atom. The number of hydrogen-bond acceptors (Lipinski definition) is 9. The zero-order valence-electron chi connectivity index (χ0n) is 24.2. The van der Waals surface area contributed by atoms with Crippen LogP contribution in [0.15, 0.2) is 46.1 Å². The fraction of sp³-hybridized carbons (Fsp3) is 0.483. The van der Waals surface area contributed by atoms with Crippen LogP contribution >= 0.6 is 0 Å². The summed E-state index contributed by atoms with van der Waals surface area (Å²) in [7, 11) is -3.57. The SMILES string of the molecule is Cc1cc(=O)n(C2CCCC2)c2nc(Nc3ccc(N4CCC(CCCS(=O)(=O)Nc5n[nH]c(=O)[nH]5)CC4)cc3)ncc12. The minimum absolute atomic E-state index is 0.000482. The second-order valence-corrected chi connectivity index (χ2v) is 13.4. The van der Waals surface area contributed by atoms with Crippen molar-refractivity contribution in [1.29, 1.82) is 0 Å². The Labute approximate surface area is 249 Å². The van der Waals surface area contributed by atoms with Gasteiger partial charge in [0.25, 0.3) is 5.56 Å². The van der Waals surface area contributed by atoms with Crippen molar-refractivity contribution in [3.63, 3.8) is 0 Å². The molecule has 1 aromatic carbocycles. The first-order valence-electron chi connectivity index (χ1n) is 14.9. The van der Waals surface area contributed by atoms with E-state index in [4.69, 9.17) is 4.98 Å². The van der Waals surface area contributed by atoms with E-state index in [0.29, 0.717) is 23.9 Å². The summed E-state index contributed by atoms with van der Waals surface area (Å²) in [6.45, 7) is 3.74. The lowest BCUT2D eigenvalue weighted by molar-refractivity contribution is 0.378. The summed E-state index contributed by atoms with van der Waals surface area (Å²) < 4.78 is 28.7. The topological polar surface area (TPSA) is 171 Å². The van der Waals surface area contributed by atoms with Gasteiger partial charge in [-0.3, -0.25) is 19.1 Å². The number of hydrogen-bond donors (Lipinski definition) is 4. The Morgan fingerprint density at radius 1 is 1.05 bits per heavy atom. The maximum atomic E-state index is 12.9. The molecular formula is C29H37N9O4S. The van der Waals surface area contributed by atoms with Gasteiger partial charge in [0, 0.05) is 48.2 Å². The lowest BCUT2D eigenvalue weighted by Crippen LogP contribution is -2.33. The van der Waals surface area contributed by atoms with Gasteiger partial charge in [-0.2, -0.15) is 4.98 Å². The maximum absolute atomic E-state index is 12.9. The van der Waals surface area contributed by atoms with Gasteiger partial charge in [-0.05, 0) is 81.2 Å². The van der Waals surface area contributed by atoms with Gasteiger partial charge in [0.15, 0.2) is 0 Å². The van der Waals surface area contributed by atoms with Crippen LogP contribution in [0, 0.1) is 12.8 Å². The Balaban J connectivity index is 1.03. The lowest BCUT2D eigenvalue weighted by Gasteiger charge is -2.33. The monoisotopic (exact) mass is 607 g/mol. The molecule has 4 heterocycles. The second kappa shape index (κ2) is 12.2. The molecule has 4 aromatic rings. The second-order valence-electron chi connectivity index (χ2n) is 11.6. The molecule has 4 N–H and O–H groups in total. The molecule has 0 amide bonds. The molecule has 1 aliphatic carbocycles. The fourth-order valence-corrected chi connectivity index (χ4v) is 7.33. The van der Waals surface area contributed by atoms with Gasteiger partial charge in [0.2, 0.25) is 21.9 Å². The largest absolute Gasteiger partial charge is 0.372 e. The molecular weight excluding hydrogens is 570 g/mol. The van der Waals surface area contributed by atoms with E-state index >= 15 is 0 Å². The third-order valence-corrected chi connectivity index (χ3v) is 9.90. The number of anilines is 4. The van der Waals surface area contributed by atoms with Crippen molar-refractivity contribution in [3.05, 3.63) is 62.9 Å². The van der Waals surface area contributed by atoms with Crippen LogP contribution in [0.5, 0.6) is 0 Å². The molecule has 2 fully saturated rings. The minimum atomic E-state index is -3.57. The van der Waals surface area contributed by atoms with E-state index in [9.17, 15) is 18.0 Å². The first-order valence-corrected chi connectivity index (χ1v) is 16.6. The molecule has 43 heavy (non-hydrogen) atoms. The molecule has 2 aliphatic rings. The quantitative estimate of drug-likeness (QED) is 0.209. The van der Waals surface area contributed by atoms with E-state index < -0.39 is 15.7 Å². The number of nitrogens with zero attached hydrogens (tertiary/aromatic N) is 5. The summed E-state index contributed by atoms with van der Waals surface area (Å²) in [5, 5.41) is 9.93. The summed E-state index contributed by atoms with van der Waals surface area (Å²) in [6.07, 6.45) is 9.42. The molecule has 0 bridgehead atoms. The number of benzene rings is 1. The van der Waals surface area contributed by atoms with Crippen molar-refractivity contribution in [2.75, 3.05) is 33.8 Å². The smallest absolute Gasteiger partial charge is 0.342 e. The molecule has 228 valence electrons. The van der Waals surface area contributed by atoms with Crippen LogP contribution < -0.4 is 26.2 Å². The van der Waals surface area contributed by atoms with Gasteiger partial charge in [-0.15, -0.1) is 5.10 Å². The van der Waals surface area contributed by atoms with Crippen LogP contribution in [0.1, 0.15) is 63.0 Å². The van der Waals surface area contributed by atoms with Crippen LogP contribution in [0.3, 0.4) is 0 Å². The van der Waals surface area contributed by atoms with E-state index in [1.807, 2.05) is 23.6 Å². The average molecular weight is 608 g/mol. The number of rotatable bonds is 10.